The average Bonchev–Trinajstić information content (AvgIpc) is 2.69. The van der Waals surface area contributed by atoms with E-state index in [1.165, 1.54) is 11.2 Å². The Morgan fingerprint density at radius 1 is 1.17 bits per heavy atom. The van der Waals surface area contributed by atoms with Crippen molar-refractivity contribution in [3.8, 4) is 0 Å². The molecule has 0 bridgehead atoms. The van der Waals surface area contributed by atoms with Crippen LogP contribution in [-0.4, -0.2) is 74.4 Å². The molecule has 2 heterocycles. The Kier molecular flexibility index (Phi) is 5.73. The van der Waals surface area contributed by atoms with Gasteiger partial charge in [0.25, 0.3) is 0 Å². The highest BCUT2D eigenvalue weighted by Crippen LogP contribution is 2.29. The van der Waals surface area contributed by atoms with Gasteiger partial charge in [0.2, 0.25) is 15.9 Å². The highest BCUT2D eigenvalue weighted by atomic mass is 32.2. The first-order valence-corrected chi connectivity index (χ1v) is 11.5. The minimum Gasteiger partial charge on any atom is -0.338 e. The Labute approximate surface area is 139 Å². The van der Waals surface area contributed by atoms with Gasteiger partial charge in [-0.25, -0.2) is 21.1 Å². The number of sulfonamides is 1. The van der Waals surface area contributed by atoms with Gasteiger partial charge in [-0.15, -0.1) is 0 Å². The highest BCUT2D eigenvalue weighted by molar-refractivity contribution is 7.92. The van der Waals surface area contributed by atoms with Crippen molar-refractivity contribution in [3.63, 3.8) is 0 Å². The second-order valence-electron chi connectivity index (χ2n) is 6.33. The van der Waals surface area contributed by atoms with E-state index < -0.39 is 31.2 Å². The summed E-state index contributed by atoms with van der Waals surface area (Å²) < 4.78 is 50.9. The molecule has 9 heteroatoms. The van der Waals surface area contributed by atoms with Crippen LogP contribution < -0.4 is 0 Å². The molecule has 0 aromatic rings. The lowest BCUT2D eigenvalue weighted by Gasteiger charge is -2.39. The van der Waals surface area contributed by atoms with Crippen LogP contribution in [0.4, 0.5) is 0 Å². The predicted molar refractivity (Wildman–Crippen MR) is 88.3 cm³/mol. The molecule has 0 spiro atoms. The number of unbranched alkanes of at least 4 members (excludes halogenated alkanes) is 1. The minimum atomic E-state index is -3.35. The van der Waals surface area contributed by atoms with Crippen molar-refractivity contribution in [3.05, 3.63) is 0 Å². The lowest BCUT2D eigenvalue weighted by atomic mass is 10.1. The molecule has 0 unspecified atom stereocenters. The topological polar surface area (TPSA) is 91.8 Å². The Morgan fingerprint density at radius 2 is 1.83 bits per heavy atom. The lowest BCUT2D eigenvalue weighted by molar-refractivity contribution is -0.131. The Bertz CT molecular complexity index is 644. The third kappa shape index (κ3) is 4.06. The van der Waals surface area contributed by atoms with Crippen molar-refractivity contribution in [2.45, 2.75) is 50.8 Å². The second kappa shape index (κ2) is 7.06. The van der Waals surface area contributed by atoms with Crippen LogP contribution in [0.2, 0.25) is 0 Å². The van der Waals surface area contributed by atoms with Crippen LogP contribution in [0.25, 0.3) is 0 Å². The maximum atomic E-state index is 12.4. The van der Waals surface area contributed by atoms with Gasteiger partial charge in [0.15, 0.2) is 9.84 Å². The van der Waals surface area contributed by atoms with Gasteiger partial charge in [-0.05, 0) is 19.3 Å². The first kappa shape index (κ1) is 18.7. The number of carbonyl (C=O) groups is 1. The maximum absolute atomic E-state index is 12.4. The average molecular weight is 367 g/mol. The van der Waals surface area contributed by atoms with Gasteiger partial charge >= 0.3 is 0 Å². The fourth-order valence-corrected chi connectivity index (χ4v) is 7.14. The van der Waals surface area contributed by atoms with Gasteiger partial charge in [0.1, 0.15) is 0 Å². The Hall–Kier alpha value is -0.670. The van der Waals surface area contributed by atoms with E-state index in [1.54, 1.807) is 4.90 Å². The van der Waals surface area contributed by atoms with E-state index in [1.807, 2.05) is 6.92 Å². The van der Waals surface area contributed by atoms with E-state index in [4.69, 9.17) is 0 Å². The van der Waals surface area contributed by atoms with Crippen LogP contribution in [0.5, 0.6) is 0 Å². The summed E-state index contributed by atoms with van der Waals surface area (Å²) in [6.45, 7) is 4.09. The summed E-state index contributed by atoms with van der Waals surface area (Å²) in [7, 11) is -6.63. The predicted octanol–water partition coefficient (Wildman–Crippen LogP) is 0.226. The molecular formula is C14H26N2O5S2. The van der Waals surface area contributed by atoms with Crippen LogP contribution in [0.1, 0.15) is 39.5 Å². The Balaban J connectivity index is 2.21. The highest BCUT2D eigenvalue weighted by Gasteiger charge is 2.44. The van der Waals surface area contributed by atoms with Crippen molar-refractivity contribution >= 4 is 25.8 Å². The standard InChI is InChI=1S/C14H26N2O5S2/c1-3-4-10-23(20,21)15-7-5-13-14(6-8-15)22(18,19)11-9-16(13)12(2)17/h13-14H,3-11H2,1-2H3/t13-,14+/m0/s1. The van der Waals surface area contributed by atoms with Gasteiger partial charge in [-0.1, -0.05) is 13.3 Å². The number of sulfone groups is 1. The zero-order valence-corrected chi connectivity index (χ0v) is 15.4. The number of nitrogens with zero attached hydrogens (tertiary/aromatic N) is 2. The summed E-state index contributed by atoms with van der Waals surface area (Å²) in [5.41, 5.74) is 0. The number of amides is 1. The Morgan fingerprint density at radius 3 is 2.43 bits per heavy atom. The van der Waals surface area contributed by atoms with Crippen molar-refractivity contribution in [2.75, 3.05) is 31.1 Å². The molecule has 23 heavy (non-hydrogen) atoms. The zero-order valence-electron chi connectivity index (χ0n) is 13.8. The van der Waals surface area contributed by atoms with E-state index in [-0.39, 0.29) is 43.5 Å². The van der Waals surface area contributed by atoms with Crippen LogP contribution in [0, 0.1) is 0 Å². The van der Waals surface area contributed by atoms with E-state index in [2.05, 4.69) is 0 Å². The molecule has 7 nitrogen and oxygen atoms in total. The van der Waals surface area contributed by atoms with Crippen molar-refractivity contribution in [1.82, 2.24) is 9.21 Å². The monoisotopic (exact) mass is 366 g/mol. The van der Waals surface area contributed by atoms with Gasteiger partial charge in [0, 0.05) is 32.6 Å². The molecule has 2 atom stereocenters. The van der Waals surface area contributed by atoms with Crippen LogP contribution in [0.3, 0.4) is 0 Å². The maximum Gasteiger partial charge on any atom is 0.219 e. The molecule has 0 aromatic carbocycles. The largest absolute Gasteiger partial charge is 0.338 e. The molecule has 0 aromatic heterocycles. The van der Waals surface area contributed by atoms with Crippen LogP contribution >= 0.6 is 0 Å². The van der Waals surface area contributed by atoms with Gasteiger partial charge < -0.3 is 4.90 Å². The van der Waals surface area contributed by atoms with Gasteiger partial charge in [0.05, 0.1) is 16.8 Å². The molecule has 2 fully saturated rings. The molecule has 0 N–H and O–H groups in total. The number of rotatable bonds is 4. The first-order valence-electron chi connectivity index (χ1n) is 8.15. The molecule has 2 saturated heterocycles. The first-order chi connectivity index (χ1) is 10.7. The zero-order chi connectivity index (χ0) is 17.3. The van der Waals surface area contributed by atoms with Crippen molar-refractivity contribution in [2.24, 2.45) is 0 Å². The SMILES string of the molecule is CCCCS(=O)(=O)N1CC[C@@H]2[C@H](CC1)N(C(C)=O)CCS2(=O)=O. The summed E-state index contributed by atoms with van der Waals surface area (Å²) in [6.07, 6.45) is 2.05. The third-order valence-corrected chi connectivity index (χ3v) is 8.98. The van der Waals surface area contributed by atoms with Gasteiger partial charge in [-0.2, -0.15) is 0 Å². The minimum absolute atomic E-state index is 0.0314. The summed E-state index contributed by atoms with van der Waals surface area (Å²) in [5.74, 6) is -0.0737. The quantitative estimate of drug-likeness (QED) is 0.710. The van der Waals surface area contributed by atoms with E-state index in [0.29, 0.717) is 12.8 Å². The smallest absolute Gasteiger partial charge is 0.219 e. The van der Waals surface area contributed by atoms with Gasteiger partial charge in [-0.3, -0.25) is 4.79 Å². The van der Waals surface area contributed by atoms with E-state index in [9.17, 15) is 21.6 Å². The summed E-state index contributed by atoms with van der Waals surface area (Å²) in [5, 5.41) is -0.647. The normalized spacial score (nSPS) is 28.9. The molecule has 2 aliphatic heterocycles. The molecule has 0 radical (unpaired) electrons. The number of hydrogen-bond acceptors (Lipinski definition) is 5. The molecular weight excluding hydrogens is 340 g/mol. The number of hydrogen-bond donors (Lipinski definition) is 0. The third-order valence-electron chi connectivity index (χ3n) is 4.80. The van der Waals surface area contributed by atoms with E-state index >= 15 is 0 Å². The molecule has 0 saturated carbocycles. The summed E-state index contributed by atoms with van der Waals surface area (Å²) >= 11 is 0. The van der Waals surface area contributed by atoms with Crippen molar-refractivity contribution < 1.29 is 21.6 Å². The lowest BCUT2D eigenvalue weighted by Crippen LogP contribution is -2.56. The molecule has 134 valence electrons. The summed E-state index contributed by atoms with van der Waals surface area (Å²) in [6, 6.07) is -0.405. The number of fused-ring (bicyclic) bond motifs is 1. The molecule has 2 rings (SSSR count). The van der Waals surface area contributed by atoms with E-state index in [0.717, 1.165) is 6.42 Å². The van der Waals surface area contributed by atoms with Crippen LogP contribution in [-0.2, 0) is 24.7 Å². The second-order valence-corrected chi connectivity index (χ2v) is 10.8. The molecule has 1 amide bonds. The fraction of sp³-hybridized carbons (Fsp3) is 0.929. The fourth-order valence-electron chi connectivity index (χ4n) is 3.48. The number of carbonyl (C=O) groups excluding carboxylic acids is 1. The van der Waals surface area contributed by atoms with Crippen LogP contribution in [0.15, 0.2) is 0 Å². The summed E-state index contributed by atoms with van der Waals surface area (Å²) in [4.78, 5) is 13.4. The van der Waals surface area contributed by atoms with Crippen molar-refractivity contribution in [1.29, 1.82) is 0 Å². The molecule has 2 aliphatic rings. The molecule has 0 aliphatic carbocycles.